The van der Waals surface area contributed by atoms with Crippen molar-refractivity contribution < 1.29 is 0 Å². The average molecular weight is 267 g/mol. The average Bonchev–Trinajstić information content (AvgIpc) is 2.99. The van der Waals surface area contributed by atoms with Crippen molar-refractivity contribution in [3.05, 3.63) is 11.1 Å². The van der Waals surface area contributed by atoms with E-state index in [9.17, 15) is 0 Å². The molecule has 18 heavy (non-hydrogen) atoms. The first kappa shape index (κ1) is 13.8. The lowest BCUT2D eigenvalue weighted by Gasteiger charge is -2.29. The first-order valence-electron chi connectivity index (χ1n) is 7.11. The third-order valence-corrected chi connectivity index (χ3v) is 4.63. The molecule has 0 aliphatic heterocycles. The highest BCUT2D eigenvalue weighted by Gasteiger charge is 2.24. The molecule has 0 bridgehead atoms. The number of rotatable bonds is 6. The molecule has 2 rings (SSSR count). The van der Waals surface area contributed by atoms with Gasteiger partial charge in [-0.15, -0.1) is 11.3 Å². The monoisotopic (exact) mass is 267 g/mol. The van der Waals surface area contributed by atoms with Crippen molar-refractivity contribution in [1.29, 1.82) is 0 Å². The van der Waals surface area contributed by atoms with Crippen LogP contribution in [0.25, 0.3) is 0 Å². The van der Waals surface area contributed by atoms with E-state index in [2.05, 4.69) is 29.1 Å². The van der Waals surface area contributed by atoms with E-state index in [1.165, 1.54) is 37.2 Å². The molecule has 1 aromatic rings. The number of nitrogens with two attached hydrogens (primary N) is 1. The summed E-state index contributed by atoms with van der Waals surface area (Å²) >= 11 is 1.76. The van der Waals surface area contributed by atoms with Gasteiger partial charge < -0.3 is 10.6 Å². The van der Waals surface area contributed by atoms with Crippen molar-refractivity contribution in [1.82, 2.24) is 4.98 Å². The Bertz CT molecular complexity index is 356. The van der Waals surface area contributed by atoms with Gasteiger partial charge in [-0.25, -0.2) is 4.98 Å². The number of anilines is 1. The van der Waals surface area contributed by atoms with E-state index in [1.807, 2.05) is 0 Å². The van der Waals surface area contributed by atoms with Crippen LogP contribution in [0.5, 0.6) is 0 Å². The van der Waals surface area contributed by atoms with E-state index in [1.54, 1.807) is 11.3 Å². The van der Waals surface area contributed by atoms with Crippen molar-refractivity contribution in [3.8, 4) is 0 Å². The maximum atomic E-state index is 5.66. The fourth-order valence-electron chi connectivity index (χ4n) is 2.57. The molecule has 102 valence electrons. The van der Waals surface area contributed by atoms with Crippen molar-refractivity contribution in [2.45, 2.75) is 58.5 Å². The van der Waals surface area contributed by atoms with Crippen molar-refractivity contribution in [2.75, 3.05) is 11.4 Å². The molecule has 0 amide bonds. The molecule has 1 aromatic heterocycles. The minimum atomic E-state index is 0.555. The maximum absolute atomic E-state index is 5.66. The minimum Gasteiger partial charge on any atom is -0.345 e. The molecule has 1 aliphatic carbocycles. The molecule has 0 atom stereocenters. The van der Waals surface area contributed by atoms with Crippen LogP contribution in [0.4, 0.5) is 5.13 Å². The molecule has 2 N–H and O–H groups in total. The zero-order valence-corrected chi connectivity index (χ0v) is 12.4. The second-order valence-electron chi connectivity index (χ2n) is 5.64. The quantitative estimate of drug-likeness (QED) is 0.859. The van der Waals surface area contributed by atoms with Gasteiger partial charge in [0.25, 0.3) is 0 Å². The van der Waals surface area contributed by atoms with Gasteiger partial charge in [0, 0.05) is 24.5 Å². The first-order chi connectivity index (χ1) is 8.70. The molecule has 1 saturated carbocycles. The van der Waals surface area contributed by atoms with Gasteiger partial charge in [-0.3, -0.25) is 0 Å². The number of hydrogen-bond donors (Lipinski definition) is 1. The molecule has 4 heteroatoms. The van der Waals surface area contributed by atoms with E-state index in [0.29, 0.717) is 12.6 Å². The highest BCUT2D eigenvalue weighted by Crippen LogP contribution is 2.30. The number of hydrogen-bond acceptors (Lipinski definition) is 4. The smallest absolute Gasteiger partial charge is 0.185 e. The van der Waals surface area contributed by atoms with Crippen LogP contribution in [0.15, 0.2) is 5.38 Å². The minimum absolute atomic E-state index is 0.555. The van der Waals surface area contributed by atoms with E-state index in [0.717, 1.165) is 18.2 Å². The number of thiazole rings is 1. The standard InChI is InChI=1S/C14H25N3S/c1-11(2)7-8-17(13-5-3-4-6-13)14-16-12(9-15)10-18-14/h10-11,13H,3-9,15H2,1-2H3. The third kappa shape index (κ3) is 3.45. The Kier molecular flexibility index (Phi) is 5.01. The zero-order valence-electron chi connectivity index (χ0n) is 11.6. The topological polar surface area (TPSA) is 42.2 Å². The summed E-state index contributed by atoms with van der Waals surface area (Å²) in [7, 11) is 0. The Morgan fingerprint density at radius 2 is 2.17 bits per heavy atom. The Balaban J connectivity index is 2.07. The van der Waals surface area contributed by atoms with Gasteiger partial charge in [0.15, 0.2) is 5.13 Å². The first-order valence-corrected chi connectivity index (χ1v) is 7.99. The van der Waals surface area contributed by atoms with Crippen LogP contribution in [0.3, 0.4) is 0 Å². The molecule has 0 radical (unpaired) electrons. The van der Waals surface area contributed by atoms with Crippen LogP contribution in [0.1, 0.15) is 51.6 Å². The predicted octanol–water partition coefficient (Wildman–Crippen LogP) is 3.40. The predicted molar refractivity (Wildman–Crippen MR) is 79.1 cm³/mol. The largest absolute Gasteiger partial charge is 0.345 e. The summed E-state index contributed by atoms with van der Waals surface area (Å²) in [5.41, 5.74) is 6.69. The highest BCUT2D eigenvalue weighted by atomic mass is 32.1. The van der Waals surface area contributed by atoms with Gasteiger partial charge in [0.1, 0.15) is 0 Å². The number of aromatic nitrogens is 1. The van der Waals surface area contributed by atoms with Crippen LogP contribution in [-0.4, -0.2) is 17.6 Å². The summed E-state index contributed by atoms with van der Waals surface area (Å²) in [5, 5.41) is 3.29. The summed E-state index contributed by atoms with van der Waals surface area (Å²) in [4.78, 5) is 7.21. The molecular weight excluding hydrogens is 242 g/mol. The van der Waals surface area contributed by atoms with Crippen LogP contribution in [-0.2, 0) is 6.54 Å². The molecule has 0 saturated heterocycles. The molecule has 0 aromatic carbocycles. The molecular formula is C14H25N3S. The van der Waals surface area contributed by atoms with Gasteiger partial charge in [-0.2, -0.15) is 0 Å². The summed E-state index contributed by atoms with van der Waals surface area (Å²) < 4.78 is 0. The van der Waals surface area contributed by atoms with E-state index >= 15 is 0 Å². The molecule has 1 aliphatic rings. The molecule has 1 fully saturated rings. The summed E-state index contributed by atoms with van der Waals surface area (Å²) in [5.74, 6) is 0.753. The second kappa shape index (κ2) is 6.53. The molecule has 1 heterocycles. The van der Waals surface area contributed by atoms with Gasteiger partial charge in [0.05, 0.1) is 5.69 Å². The lowest BCUT2D eigenvalue weighted by atomic mass is 10.1. The fourth-order valence-corrected chi connectivity index (χ4v) is 3.51. The van der Waals surface area contributed by atoms with Crippen molar-refractivity contribution >= 4 is 16.5 Å². The Hall–Kier alpha value is -0.610. The maximum Gasteiger partial charge on any atom is 0.185 e. The van der Waals surface area contributed by atoms with Gasteiger partial charge in [-0.1, -0.05) is 26.7 Å². The molecule has 0 unspecified atom stereocenters. The third-order valence-electron chi connectivity index (χ3n) is 3.71. The van der Waals surface area contributed by atoms with E-state index in [4.69, 9.17) is 5.73 Å². The molecule has 3 nitrogen and oxygen atoms in total. The number of nitrogens with zero attached hydrogens (tertiary/aromatic N) is 2. The van der Waals surface area contributed by atoms with Crippen LogP contribution in [0.2, 0.25) is 0 Å². The summed E-state index contributed by atoms with van der Waals surface area (Å²) in [6, 6.07) is 0.709. The van der Waals surface area contributed by atoms with Crippen LogP contribution in [0, 0.1) is 5.92 Å². The van der Waals surface area contributed by atoms with Gasteiger partial charge in [0.2, 0.25) is 0 Å². The van der Waals surface area contributed by atoms with E-state index in [-0.39, 0.29) is 0 Å². The normalized spacial score (nSPS) is 16.7. The highest BCUT2D eigenvalue weighted by molar-refractivity contribution is 7.13. The van der Waals surface area contributed by atoms with Gasteiger partial charge in [-0.05, 0) is 25.2 Å². The summed E-state index contributed by atoms with van der Waals surface area (Å²) in [6.07, 6.45) is 6.65. The summed E-state index contributed by atoms with van der Waals surface area (Å²) in [6.45, 7) is 6.28. The van der Waals surface area contributed by atoms with Crippen molar-refractivity contribution in [2.24, 2.45) is 11.7 Å². The van der Waals surface area contributed by atoms with Gasteiger partial charge >= 0.3 is 0 Å². The Morgan fingerprint density at radius 1 is 1.44 bits per heavy atom. The fraction of sp³-hybridized carbons (Fsp3) is 0.786. The lowest BCUT2D eigenvalue weighted by Crippen LogP contribution is -2.34. The van der Waals surface area contributed by atoms with Crippen LogP contribution >= 0.6 is 11.3 Å². The second-order valence-corrected chi connectivity index (χ2v) is 6.48. The van der Waals surface area contributed by atoms with E-state index < -0.39 is 0 Å². The van der Waals surface area contributed by atoms with Crippen LogP contribution < -0.4 is 10.6 Å². The zero-order chi connectivity index (χ0) is 13.0. The SMILES string of the molecule is CC(C)CCN(c1nc(CN)cs1)C1CCCC1. The Morgan fingerprint density at radius 3 is 2.72 bits per heavy atom. The van der Waals surface area contributed by atoms with Crippen molar-refractivity contribution in [3.63, 3.8) is 0 Å². The lowest BCUT2D eigenvalue weighted by molar-refractivity contribution is 0.527. The Labute approximate surface area is 114 Å². The molecule has 0 spiro atoms.